The zero-order valence-corrected chi connectivity index (χ0v) is 11.8. The van der Waals surface area contributed by atoms with Crippen molar-refractivity contribution in [3.05, 3.63) is 0 Å². The lowest BCUT2D eigenvalue weighted by atomic mass is 10.2. The van der Waals surface area contributed by atoms with Crippen LogP contribution >= 0.6 is 0 Å². The van der Waals surface area contributed by atoms with Crippen molar-refractivity contribution in [2.45, 2.75) is 25.3 Å². The average molecular weight is 299 g/mol. The van der Waals surface area contributed by atoms with E-state index in [1.165, 1.54) is 12.8 Å². The second-order valence-corrected chi connectivity index (χ2v) is 5.67. The van der Waals surface area contributed by atoms with Gasteiger partial charge in [0.05, 0.1) is 6.42 Å². The zero-order valence-electron chi connectivity index (χ0n) is 11.8. The first kappa shape index (κ1) is 15.6. The molecule has 2 aliphatic rings. The van der Waals surface area contributed by atoms with E-state index < -0.39 is 30.4 Å². The number of hydrogen-bond donors (Lipinski definition) is 3. The third-order valence-corrected chi connectivity index (χ3v) is 3.85. The number of carboxylic acid groups (broad SMARTS) is 2. The zero-order chi connectivity index (χ0) is 15.4. The number of carboxylic acids is 2. The summed E-state index contributed by atoms with van der Waals surface area (Å²) in [5.74, 6) is -1.78. The lowest BCUT2D eigenvalue weighted by molar-refractivity contribution is -0.145. The highest BCUT2D eigenvalue weighted by Gasteiger charge is 2.29. The van der Waals surface area contributed by atoms with E-state index in [-0.39, 0.29) is 0 Å². The molecule has 1 heterocycles. The third kappa shape index (κ3) is 4.89. The van der Waals surface area contributed by atoms with Gasteiger partial charge in [0.1, 0.15) is 6.04 Å². The Bertz CT molecular complexity index is 416. The van der Waals surface area contributed by atoms with Crippen molar-refractivity contribution in [2.75, 3.05) is 32.7 Å². The highest BCUT2D eigenvalue weighted by atomic mass is 16.4. The summed E-state index contributed by atoms with van der Waals surface area (Å²) in [4.78, 5) is 37.3. The third-order valence-electron chi connectivity index (χ3n) is 3.85. The lowest BCUT2D eigenvalue weighted by Gasteiger charge is -2.35. The highest BCUT2D eigenvalue weighted by Crippen LogP contribution is 2.29. The molecule has 1 aliphatic heterocycles. The van der Waals surface area contributed by atoms with Gasteiger partial charge in [0.15, 0.2) is 0 Å². The van der Waals surface area contributed by atoms with Gasteiger partial charge in [-0.3, -0.25) is 9.69 Å². The monoisotopic (exact) mass is 299 g/mol. The second-order valence-electron chi connectivity index (χ2n) is 5.67. The summed E-state index contributed by atoms with van der Waals surface area (Å²) < 4.78 is 0. The van der Waals surface area contributed by atoms with E-state index in [9.17, 15) is 14.4 Å². The van der Waals surface area contributed by atoms with Crippen LogP contribution in [0.25, 0.3) is 0 Å². The van der Waals surface area contributed by atoms with Crippen molar-refractivity contribution in [3.63, 3.8) is 0 Å². The van der Waals surface area contributed by atoms with E-state index >= 15 is 0 Å². The summed E-state index contributed by atoms with van der Waals surface area (Å²) in [7, 11) is 0. The molecule has 21 heavy (non-hydrogen) atoms. The number of nitrogens with zero attached hydrogens (tertiary/aromatic N) is 2. The molecule has 3 N–H and O–H groups in total. The maximum atomic E-state index is 12.0. The van der Waals surface area contributed by atoms with Gasteiger partial charge in [-0.25, -0.2) is 9.59 Å². The molecule has 0 spiro atoms. The van der Waals surface area contributed by atoms with Crippen molar-refractivity contribution < 1.29 is 24.6 Å². The van der Waals surface area contributed by atoms with Crippen LogP contribution in [0, 0.1) is 5.92 Å². The van der Waals surface area contributed by atoms with Crippen LogP contribution in [0.15, 0.2) is 0 Å². The fourth-order valence-electron chi connectivity index (χ4n) is 2.41. The molecule has 0 aromatic carbocycles. The van der Waals surface area contributed by atoms with Gasteiger partial charge < -0.3 is 20.4 Å². The summed E-state index contributed by atoms with van der Waals surface area (Å²) in [5, 5.41) is 19.8. The molecule has 2 fully saturated rings. The molecule has 2 rings (SSSR count). The van der Waals surface area contributed by atoms with Crippen LogP contribution in [0.2, 0.25) is 0 Å². The first-order valence-corrected chi connectivity index (χ1v) is 7.18. The number of aliphatic carboxylic acids is 2. The highest BCUT2D eigenvalue weighted by molar-refractivity contribution is 5.86. The topological polar surface area (TPSA) is 110 Å². The maximum absolute atomic E-state index is 12.0. The Morgan fingerprint density at radius 2 is 1.71 bits per heavy atom. The Hall–Kier alpha value is -1.83. The molecule has 8 nitrogen and oxygen atoms in total. The summed E-state index contributed by atoms with van der Waals surface area (Å²) in [5.41, 5.74) is 0. The van der Waals surface area contributed by atoms with Crippen LogP contribution in [0.1, 0.15) is 19.3 Å². The standard InChI is InChI=1S/C13H21N3O5/c17-11(18)7-10(12(19)20)14-13(21)16-5-3-15(4-6-16)8-9-1-2-9/h9-10H,1-8H2,(H,14,21)(H,17,18)(H,19,20)/t10-/m1/s1. The number of piperazine rings is 1. The van der Waals surface area contributed by atoms with Gasteiger partial charge in [-0.15, -0.1) is 0 Å². The first-order chi connectivity index (χ1) is 9.95. The van der Waals surface area contributed by atoms with Crippen molar-refractivity contribution in [1.82, 2.24) is 15.1 Å². The first-order valence-electron chi connectivity index (χ1n) is 7.18. The van der Waals surface area contributed by atoms with Crippen molar-refractivity contribution in [3.8, 4) is 0 Å². The van der Waals surface area contributed by atoms with E-state index in [1.54, 1.807) is 4.90 Å². The molecule has 0 bridgehead atoms. The molecule has 8 heteroatoms. The Kier molecular flexibility index (Phi) is 5.00. The number of hydrogen-bond acceptors (Lipinski definition) is 4. The van der Waals surface area contributed by atoms with Gasteiger partial charge in [-0.1, -0.05) is 0 Å². The van der Waals surface area contributed by atoms with E-state index in [2.05, 4.69) is 10.2 Å². The van der Waals surface area contributed by atoms with Crippen LogP contribution in [0.5, 0.6) is 0 Å². The molecule has 1 saturated heterocycles. The normalized spacial score (nSPS) is 20.9. The molecule has 1 saturated carbocycles. The number of nitrogens with one attached hydrogen (secondary N) is 1. The average Bonchev–Trinajstić information content (AvgIpc) is 3.22. The fraction of sp³-hybridized carbons (Fsp3) is 0.769. The van der Waals surface area contributed by atoms with E-state index in [0.717, 1.165) is 25.6 Å². The largest absolute Gasteiger partial charge is 0.481 e. The van der Waals surface area contributed by atoms with Crippen LogP contribution in [0.4, 0.5) is 4.79 Å². The van der Waals surface area contributed by atoms with Gasteiger partial charge in [0.2, 0.25) is 0 Å². The van der Waals surface area contributed by atoms with Gasteiger partial charge in [-0.2, -0.15) is 0 Å². The smallest absolute Gasteiger partial charge is 0.326 e. The molecule has 118 valence electrons. The summed E-state index contributed by atoms with van der Waals surface area (Å²) in [6.07, 6.45) is 1.95. The van der Waals surface area contributed by atoms with Crippen molar-refractivity contribution >= 4 is 18.0 Å². The number of carbonyl (C=O) groups excluding carboxylic acids is 1. The predicted molar refractivity (Wildman–Crippen MR) is 72.9 cm³/mol. The molecule has 1 aliphatic carbocycles. The van der Waals surface area contributed by atoms with Crippen LogP contribution in [0.3, 0.4) is 0 Å². The lowest BCUT2D eigenvalue weighted by Crippen LogP contribution is -2.55. The number of carbonyl (C=O) groups is 3. The SMILES string of the molecule is O=C(O)C[C@@H](NC(=O)N1CCN(CC2CC2)CC1)C(=O)O. The summed E-state index contributed by atoms with van der Waals surface area (Å²) in [6.45, 7) is 3.71. The Morgan fingerprint density at radius 3 is 2.19 bits per heavy atom. The molecule has 0 unspecified atom stereocenters. The maximum Gasteiger partial charge on any atom is 0.326 e. The van der Waals surface area contributed by atoms with Gasteiger partial charge in [0, 0.05) is 32.7 Å². The molecule has 1 atom stereocenters. The molecular formula is C13H21N3O5. The van der Waals surface area contributed by atoms with Crippen LogP contribution < -0.4 is 5.32 Å². The molecule has 0 aromatic heterocycles. The van der Waals surface area contributed by atoms with Crippen LogP contribution in [-0.2, 0) is 9.59 Å². The number of amides is 2. The minimum absolute atomic E-state index is 0.505. The van der Waals surface area contributed by atoms with Gasteiger partial charge >= 0.3 is 18.0 Å². The van der Waals surface area contributed by atoms with Gasteiger partial charge in [0.25, 0.3) is 0 Å². The molecular weight excluding hydrogens is 278 g/mol. The quantitative estimate of drug-likeness (QED) is 0.618. The minimum atomic E-state index is -1.39. The van der Waals surface area contributed by atoms with E-state index in [4.69, 9.17) is 10.2 Å². The van der Waals surface area contributed by atoms with E-state index in [1.807, 2.05) is 0 Å². The number of rotatable bonds is 6. The minimum Gasteiger partial charge on any atom is -0.481 e. The Morgan fingerprint density at radius 1 is 1.10 bits per heavy atom. The van der Waals surface area contributed by atoms with Crippen molar-refractivity contribution in [1.29, 1.82) is 0 Å². The second kappa shape index (κ2) is 6.75. The Labute approximate surface area is 122 Å². The molecule has 0 aromatic rings. The van der Waals surface area contributed by atoms with E-state index in [0.29, 0.717) is 13.1 Å². The van der Waals surface area contributed by atoms with Crippen LogP contribution in [-0.4, -0.2) is 76.7 Å². The number of urea groups is 1. The summed E-state index contributed by atoms with van der Waals surface area (Å²) in [6, 6.07) is -1.89. The molecule has 0 radical (unpaired) electrons. The fourth-order valence-corrected chi connectivity index (χ4v) is 2.41. The predicted octanol–water partition coefficient (Wildman–Crippen LogP) is -0.348. The summed E-state index contributed by atoms with van der Waals surface area (Å²) >= 11 is 0. The molecule has 2 amide bonds. The van der Waals surface area contributed by atoms with Gasteiger partial charge in [-0.05, 0) is 18.8 Å². The van der Waals surface area contributed by atoms with Crippen molar-refractivity contribution in [2.24, 2.45) is 5.92 Å². The Balaban J connectivity index is 1.77.